The van der Waals surface area contributed by atoms with E-state index in [1.165, 1.54) is 0 Å². The molecular formula is C18H15N5O2. The van der Waals surface area contributed by atoms with Crippen LogP contribution in [-0.4, -0.2) is 30.2 Å². The van der Waals surface area contributed by atoms with Crippen LogP contribution in [0.25, 0.3) is 11.5 Å². The van der Waals surface area contributed by atoms with E-state index in [1.54, 1.807) is 53.4 Å². The Kier molecular flexibility index (Phi) is 4.44. The molecule has 3 aromatic rings. The normalized spacial score (nSPS) is 10.1. The van der Waals surface area contributed by atoms with Crippen molar-refractivity contribution in [3.05, 3.63) is 59.7 Å². The van der Waals surface area contributed by atoms with E-state index in [1.807, 2.05) is 20.2 Å². The minimum atomic E-state index is -0.336. The van der Waals surface area contributed by atoms with Crippen molar-refractivity contribution >= 4 is 17.6 Å². The molecule has 1 amide bonds. The average Bonchev–Trinajstić information content (AvgIpc) is 3.12. The Balaban J connectivity index is 1.76. The molecule has 0 bridgehead atoms. The number of nitriles is 1. The van der Waals surface area contributed by atoms with Crippen molar-refractivity contribution in [1.82, 2.24) is 10.2 Å². The number of aromatic nitrogens is 2. The fourth-order valence-electron chi connectivity index (χ4n) is 2.19. The van der Waals surface area contributed by atoms with Gasteiger partial charge in [-0.3, -0.25) is 4.79 Å². The molecule has 0 aliphatic carbocycles. The lowest BCUT2D eigenvalue weighted by Crippen LogP contribution is -2.13. The van der Waals surface area contributed by atoms with Gasteiger partial charge in [0, 0.05) is 25.3 Å². The highest BCUT2D eigenvalue weighted by molar-refractivity contribution is 6.05. The third kappa shape index (κ3) is 3.48. The van der Waals surface area contributed by atoms with Gasteiger partial charge in [0.1, 0.15) is 0 Å². The molecule has 124 valence electrons. The Labute approximate surface area is 144 Å². The van der Waals surface area contributed by atoms with Crippen molar-refractivity contribution < 1.29 is 9.21 Å². The maximum atomic E-state index is 12.3. The fourth-order valence-corrected chi connectivity index (χ4v) is 2.19. The highest BCUT2D eigenvalue weighted by Crippen LogP contribution is 2.23. The van der Waals surface area contributed by atoms with Gasteiger partial charge in [-0.05, 0) is 36.4 Å². The van der Waals surface area contributed by atoms with Crippen LogP contribution in [0.3, 0.4) is 0 Å². The number of hydrogen-bond acceptors (Lipinski definition) is 6. The lowest BCUT2D eigenvalue weighted by atomic mass is 10.1. The summed E-state index contributed by atoms with van der Waals surface area (Å²) >= 11 is 0. The minimum Gasteiger partial charge on any atom is -0.403 e. The van der Waals surface area contributed by atoms with E-state index in [0.29, 0.717) is 28.7 Å². The van der Waals surface area contributed by atoms with Crippen LogP contribution in [0.1, 0.15) is 15.9 Å². The molecule has 1 heterocycles. The standard InChI is InChI=1S/C18H15N5O2/c1-23(2)18-22-21-17(25-18)12-7-9-14(10-8-12)20-16(24)15-6-4-3-5-13(15)11-19/h3-10H,1-2H3,(H,20,24). The number of nitrogens with zero attached hydrogens (tertiary/aromatic N) is 4. The predicted octanol–water partition coefficient (Wildman–Crippen LogP) is 2.93. The molecule has 3 rings (SSSR count). The third-order valence-electron chi connectivity index (χ3n) is 3.48. The summed E-state index contributed by atoms with van der Waals surface area (Å²) < 4.78 is 5.53. The second-order valence-electron chi connectivity index (χ2n) is 5.47. The van der Waals surface area contributed by atoms with Crippen LogP contribution < -0.4 is 10.2 Å². The maximum Gasteiger partial charge on any atom is 0.317 e. The third-order valence-corrected chi connectivity index (χ3v) is 3.48. The first-order chi connectivity index (χ1) is 12.1. The number of rotatable bonds is 4. The van der Waals surface area contributed by atoms with Gasteiger partial charge < -0.3 is 14.6 Å². The highest BCUT2D eigenvalue weighted by Gasteiger charge is 2.12. The summed E-state index contributed by atoms with van der Waals surface area (Å²) in [6, 6.07) is 16.1. The molecule has 1 aromatic heterocycles. The molecule has 0 fully saturated rings. The van der Waals surface area contributed by atoms with Gasteiger partial charge in [0.05, 0.1) is 17.2 Å². The molecule has 0 unspecified atom stereocenters. The molecule has 7 nitrogen and oxygen atoms in total. The zero-order chi connectivity index (χ0) is 17.8. The van der Waals surface area contributed by atoms with Gasteiger partial charge in [-0.15, -0.1) is 5.10 Å². The lowest BCUT2D eigenvalue weighted by molar-refractivity contribution is 0.102. The Hall–Kier alpha value is -3.66. The molecule has 0 radical (unpaired) electrons. The van der Waals surface area contributed by atoms with E-state index in [9.17, 15) is 4.79 Å². The van der Waals surface area contributed by atoms with Crippen LogP contribution in [0.4, 0.5) is 11.7 Å². The van der Waals surface area contributed by atoms with Crippen LogP contribution in [0.5, 0.6) is 0 Å². The quantitative estimate of drug-likeness (QED) is 0.789. The van der Waals surface area contributed by atoms with E-state index in [2.05, 4.69) is 15.5 Å². The van der Waals surface area contributed by atoms with Crippen molar-refractivity contribution in [2.45, 2.75) is 0 Å². The number of hydrogen-bond donors (Lipinski definition) is 1. The van der Waals surface area contributed by atoms with Crippen LogP contribution in [0.2, 0.25) is 0 Å². The Bertz CT molecular complexity index is 939. The molecule has 25 heavy (non-hydrogen) atoms. The molecule has 0 aliphatic heterocycles. The van der Waals surface area contributed by atoms with Gasteiger partial charge in [0.15, 0.2) is 0 Å². The molecule has 0 atom stereocenters. The number of carbonyl (C=O) groups excluding carboxylic acids is 1. The smallest absolute Gasteiger partial charge is 0.317 e. The second-order valence-corrected chi connectivity index (χ2v) is 5.47. The van der Waals surface area contributed by atoms with E-state index < -0.39 is 0 Å². The first kappa shape index (κ1) is 16.2. The van der Waals surface area contributed by atoms with Gasteiger partial charge in [-0.1, -0.05) is 17.2 Å². The largest absolute Gasteiger partial charge is 0.403 e. The highest BCUT2D eigenvalue weighted by atomic mass is 16.4. The zero-order valence-corrected chi connectivity index (χ0v) is 13.7. The molecule has 0 spiro atoms. The predicted molar refractivity (Wildman–Crippen MR) is 93.2 cm³/mol. The van der Waals surface area contributed by atoms with Crippen LogP contribution in [-0.2, 0) is 0 Å². The van der Waals surface area contributed by atoms with E-state index in [-0.39, 0.29) is 5.91 Å². The average molecular weight is 333 g/mol. The Morgan fingerprint density at radius 3 is 2.48 bits per heavy atom. The van der Waals surface area contributed by atoms with Gasteiger partial charge in [-0.25, -0.2) is 0 Å². The van der Waals surface area contributed by atoms with Gasteiger partial charge in [-0.2, -0.15) is 5.26 Å². The monoisotopic (exact) mass is 333 g/mol. The number of nitrogens with one attached hydrogen (secondary N) is 1. The molecule has 0 saturated carbocycles. The summed E-state index contributed by atoms with van der Waals surface area (Å²) in [5.41, 5.74) is 2.02. The molecule has 7 heteroatoms. The van der Waals surface area contributed by atoms with Gasteiger partial charge >= 0.3 is 6.01 Å². The molecular weight excluding hydrogens is 318 g/mol. The van der Waals surface area contributed by atoms with Gasteiger partial charge in [0.2, 0.25) is 5.89 Å². The Morgan fingerprint density at radius 1 is 1.12 bits per heavy atom. The Morgan fingerprint density at radius 2 is 1.84 bits per heavy atom. The fraction of sp³-hybridized carbons (Fsp3) is 0.111. The van der Waals surface area contributed by atoms with E-state index in [0.717, 1.165) is 5.56 Å². The molecule has 2 aromatic carbocycles. The topological polar surface area (TPSA) is 95.0 Å². The van der Waals surface area contributed by atoms with Crippen molar-refractivity contribution in [3.63, 3.8) is 0 Å². The summed E-state index contributed by atoms with van der Waals surface area (Å²) in [7, 11) is 3.63. The summed E-state index contributed by atoms with van der Waals surface area (Å²) in [5.74, 6) is 0.0639. The first-order valence-corrected chi connectivity index (χ1v) is 7.50. The summed E-state index contributed by atoms with van der Waals surface area (Å²) in [6.07, 6.45) is 0. The SMILES string of the molecule is CN(C)c1nnc(-c2ccc(NC(=O)c3ccccc3C#N)cc2)o1. The summed E-state index contributed by atoms with van der Waals surface area (Å²) in [5, 5.41) is 19.8. The van der Waals surface area contributed by atoms with E-state index >= 15 is 0 Å². The maximum absolute atomic E-state index is 12.3. The van der Waals surface area contributed by atoms with E-state index in [4.69, 9.17) is 9.68 Å². The minimum absolute atomic E-state index is 0.332. The number of carbonyl (C=O) groups is 1. The number of benzene rings is 2. The second kappa shape index (κ2) is 6.84. The lowest BCUT2D eigenvalue weighted by Gasteiger charge is -2.07. The molecule has 1 N–H and O–H groups in total. The zero-order valence-electron chi connectivity index (χ0n) is 13.7. The van der Waals surface area contributed by atoms with Crippen molar-refractivity contribution in [2.24, 2.45) is 0 Å². The van der Waals surface area contributed by atoms with Crippen molar-refractivity contribution in [2.75, 3.05) is 24.3 Å². The number of anilines is 2. The van der Waals surface area contributed by atoms with Crippen molar-refractivity contribution in [1.29, 1.82) is 5.26 Å². The summed E-state index contributed by atoms with van der Waals surface area (Å²) in [6.45, 7) is 0. The van der Waals surface area contributed by atoms with Crippen LogP contribution in [0, 0.1) is 11.3 Å². The first-order valence-electron chi connectivity index (χ1n) is 7.50. The molecule has 0 aliphatic rings. The van der Waals surface area contributed by atoms with Gasteiger partial charge in [0.25, 0.3) is 5.91 Å². The van der Waals surface area contributed by atoms with Crippen LogP contribution >= 0.6 is 0 Å². The van der Waals surface area contributed by atoms with Crippen molar-refractivity contribution in [3.8, 4) is 17.5 Å². The van der Waals surface area contributed by atoms with Crippen LogP contribution in [0.15, 0.2) is 52.9 Å². The number of amides is 1. The molecule has 0 saturated heterocycles. The summed E-state index contributed by atoms with van der Waals surface area (Å²) in [4.78, 5) is 14.0.